The molecule has 0 aliphatic carbocycles. The molecule has 4 rings (SSSR count). The smallest absolute Gasteiger partial charge is 0.253 e. The number of nitrogens with zero attached hydrogens (tertiary/aromatic N) is 3. The lowest BCUT2D eigenvalue weighted by Crippen LogP contribution is -2.61. The van der Waals surface area contributed by atoms with Crippen LogP contribution < -0.4 is 4.90 Å². The molecule has 2 saturated heterocycles. The van der Waals surface area contributed by atoms with E-state index in [-0.39, 0.29) is 23.9 Å². The minimum atomic E-state index is -0.365. The first kappa shape index (κ1) is 16.6. The van der Waals surface area contributed by atoms with Crippen LogP contribution in [0.25, 0.3) is 0 Å². The van der Waals surface area contributed by atoms with Gasteiger partial charge in [-0.1, -0.05) is 0 Å². The summed E-state index contributed by atoms with van der Waals surface area (Å²) in [5, 5.41) is 2.07. The Bertz CT molecular complexity index is 737. The van der Waals surface area contributed by atoms with E-state index in [0.29, 0.717) is 6.54 Å². The van der Waals surface area contributed by atoms with Crippen LogP contribution in [-0.2, 0) is 16.1 Å². The Morgan fingerprint density at radius 1 is 1.28 bits per heavy atom. The predicted octanol–water partition coefficient (Wildman–Crippen LogP) is 2.68. The monoisotopic (exact) mass is 361 g/mol. The Morgan fingerprint density at radius 2 is 2.12 bits per heavy atom. The molecule has 1 amide bonds. The van der Waals surface area contributed by atoms with Crippen LogP contribution in [0.5, 0.6) is 0 Å². The maximum absolute atomic E-state index is 13.2. The summed E-state index contributed by atoms with van der Waals surface area (Å²) in [5.74, 6) is -0.375. The first-order valence-corrected chi connectivity index (χ1v) is 9.37. The molecular weight excluding hydrogens is 341 g/mol. The van der Waals surface area contributed by atoms with Gasteiger partial charge in [-0.15, -0.1) is 11.3 Å². The van der Waals surface area contributed by atoms with Crippen molar-refractivity contribution in [2.45, 2.75) is 25.0 Å². The molecule has 1 spiro atoms. The number of hydrogen-bond donors (Lipinski definition) is 0. The van der Waals surface area contributed by atoms with Crippen LogP contribution in [0.3, 0.4) is 0 Å². The maximum Gasteiger partial charge on any atom is 0.253 e. The third kappa shape index (κ3) is 3.58. The molecule has 1 unspecified atom stereocenters. The summed E-state index contributed by atoms with van der Waals surface area (Å²) in [4.78, 5) is 20.8. The first-order valence-electron chi connectivity index (χ1n) is 8.43. The number of morpholine rings is 1. The van der Waals surface area contributed by atoms with Crippen LogP contribution in [0.1, 0.15) is 18.5 Å². The van der Waals surface area contributed by atoms with Crippen molar-refractivity contribution >= 4 is 22.9 Å². The Balaban J connectivity index is 1.50. The minimum Gasteiger partial charge on any atom is -0.362 e. The molecular formula is C18H20FN3O2S. The van der Waals surface area contributed by atoms with E-state index >= 15 is 0 Å². The number of anilines is 1. The third-order valence-corrected chi connectivity index (χ3v) is 5.51. The van der Waals surface area contributed by atoms with Crippen molar-refractivity contribution in [1.82, 2.24) is 9.88 Å². The second kappa shape index (κ2) is 6.82. The first-order chi connectivity index (χ1) is 12.1. The Morgan fingerprint density at radius 3 is 2.88 bits per heavy atom. The molecule has 3 heterocycles. The molecule has 2 fully saturated rings. The highest BCUT2D eigenvalue weighted by Gasteiger charge is 2.43. The van der Waals surface area contributed by atoms with Gasteiger partial charge in [0.25, 0.3) is 5.91 Å². The molecule has 1 atom stereocenters. The van der Waals surface area contributed by atoms with E-state index in [9.17, 15) is 9.18 Å². The van der Waals surface area contributed by atoms with E-state index in [1.165, 1.54) is 12.1 Å². The summed E-state index contributed by atoms with van der Waals surface area (Å²) < 4.78 is 19.2. The average molecular weight is 361 g/mol. The molecule has 1 aromatic carbocycles. The number of halogens is 1. The highest BCUT2D eigenvalue weighted by Crippen LogP contribution is 2.32. The number of amides is 1. The number of thiazole rings is 1. The molecule has 132 valence electrons. The van der Waals surface area contributed by atoms with Gasteiger partial charge < -0.3 is 9.64 Å². The van der Waals surface area contributed by atoms with E-state index in [2.05, 4.69) is 15.3 Å². The van der Waals surface area contributed by atoms with E-state index in [1.807, 2.05) is 5.51 Å². The summed E-state index contributed by atoms with van der Waals surface area (Å²) in [7, 11) is 0. The number of likely N-dealkylation sites (tertiary alicyclic amines) is 1. The molecule has 2 aliphatic heterocycles. The van der Waals surface area contributed by atoms with Gasteiger partial charge in [-0.3, -0.25) is 9.69 Å². The molecule has 1 aromatic heterocycles. The van der Waals surface area contributed by atoms with E-state index in [4.69, 9.17) is 4.74 Å². The molecule has 0 N–H and O–H groups in total. The predicted molar refractivity (Wildman–Crippen MR) is 94.1 cm³/mol. The van der Waals surface area contributed by atoms with Crippen molar-refractivity contribution in [3.63, 3.8) is 0 Å². The fraction of sp³-hybridized carbons (Fsp3) is 0.444. The van der Waals surface area contributed by atoms with Gasteiger partial charge in [-0.25, -0.2) is 9.37 Å². The van der Waals surface area contributed by atoms with E-state index < -0.39 is 0 Å². The van der Waals surface area contributed by atoms with Crippen LogP contribution in [0.4, 0.5) is 10.1 Å². The van der Waals surface area contributed by atoms with Crippen molar-refractivity contribution in [3.8, 4) is 0 Å². The molecule has 0 radical (unpaired) electrons. The number of benzene rings is 1. The lowest BCUT2D eigenvalue weighted by atomic mass is 9.90. The SMILES string of the molecule is O=C1COC2(CCCN(Cc3cscn3)C2)CN1c1ccc(F)cc1. The van der Waals surface area contributed by atoms with Crippen molar-refractivity contribution in [2.24, 2.45) is 0 Å². The Hall–Kier alpha value is -1.83. The number of rotatable bonds is 3. The van der Waals surface area contributed by atoms with Gasteiger partial charge in [-0.2, -0.15) is 0 Å². The number of aromatic nitrogens is 1. The Labute approximate surface area is 150 Å². The molecule has 2 aromatic rings. The summed E-state index contributed by atoms with van der Waals surface area (Å²) in [6.07, 6.45) is 1.95. The van der Waals surface area contributed by atoms with Gasteiger partial charge in [0.1, 0.15) is 12.4 Å². The standard InChI is InChI=1S/C18H20FN3O2S/c19-14-2-4-16(5-3-14)22-12-18(24-9-17(22)23)6-1-7-21(11-18)8-15-10-25-13-20-15/h2-5,10,13H,1,6-9,11-12H2. The number of hydrogen-bond acceptors (Lipinski definition) is 5. The second-order valence-electron chi connectivity index (χ2n) is 6.72. The van der Waals surface area contributed by atoms with Gasteiger partial charge in [0.2, 0.25) is 0 Å². The molecule has 5 nitrogen and oxygen atoms in total. The van der Waals surface area contributed by atoms with Crippen LogP contribution in [0.15, 0.2) is 35.2 Å². The minimum absolute atomic E-state index is 0.0713. The zero-order valence-corrected chi connectivity index (χ0v) is 14.7. The lowest BCUT2D eigenvalue weighted by Gasteiger charge is -2.47. The van der Waals surface area contributed by atoms with Gasteiger partial charge in [0.15, 0.2) is 0 Å². The number of carbonyl (C=O) groups is 1. The van der Waals surface area contributed by atoms with Gasteiger partial charge in [-0.05, 0) is 43.7 Å². The quantitative estimate of drug-likeness (QED) is 0.843. The van der Waals surface area contributed by atoms with Gasteiger partial charge >= 0.3 is 0 Å². The molecule has 0 bridgehead atoms. The summed E-state index contributed by atoms with van der Waals surface area (Å²) >= 11 is 1.60. The summed E-state index contributed by atoms with van der Waals surface area (Å²) in [6, 6.07) is 6.09. The molecule has 25 heavy (non-hydrogen) atoms. The Kier molecular flexibility index (Phi) is 4.54. The third-order valence-electron chi connectivity index (χ3n) is 4.88. The topological polar surface area (TPSA) is 45.7 Å². The number of carbonyl (C=O) groups excluding carboxylic acids is 1. The fourth-order valence-corrected chi connectivity index (χ4v) is 4.24. The number of piperidine rings is 1. The normalized spacial score (nSPS) is 24.8. The molecule has 0 saturated carbocycles. The lowest BCUT2D eigenvalue weighted by molar-refractivity contribution is -0.146. The van der Waals surface area contributed by atoms with Crippen LogP contribution in [-0.4, -0.2) is 47.6 Å². The highest BCUT2D eigenvalue weighted by atomic mass is 32.1. The van der Waals surface area contributed by atoms with Gasteiger partial charge in [0.05, 0.1) is 23.4 Å². The van der Waals surface area contributed by atoms with E-state index in [0.717, 1.165) is 43.9 Å². The second-order valence-corrected chi connectivity index (χ2v) is 7.44. The van der Waals surface area contributed by atoms with Crippen molar-refractivity contribution in [3.05, 3.63) is 46.7 Å². The molecule has 7 heteroatoms. The molecule has 2 aliphatic rings. The largest absolute Gasteiger partial charge is 0.362 e. The average Bonchev–Trinajstić information content (AvgIpc) is 3.11. The van der Waals surface area contributed by atoms with Crippen molar-refractivity contribution in [2.75, 3.05) is 31.1 Å². The van der Waals surface area contributed by atoms with Crippen LogP contribution in [0, 0.1) is 5.82 Å². The van der Waals surface area contributed by atoms with E-state index in [1.54, 1.807) is 28.4 Å². The zero-order chi connectivity index (χ0) is 17.3. The van der Waals surface area contributed by atoms with Crippen LogP contribution in [0.2, 0.25) is 0 Å². The van der Waals surface area contributed by atoms with Gasteiger partial charge in [0, 0.05) is 24.2 Å². The fourth-order valence-electron chi connectivity index (χ4n) is 3.69. The number of ether oxygens (including phenoxy) is 1. The maximum atomic E-state index is 13.2. The summed E-state index contributed by atoms with van der Waals surface area (Å²) in [5.41, 5.74) is 3.28. The van der Waals surface area contributed by atoms with Crippen molar-refractivity contribution in [1.29, 1.82) is 0 Å². The van der Waals surface area contributed by atoms with Crippen molar-refractivity contribution < 1.29 is 13.9 Å². The van der Waals surface area contributed by atoms with Crippen LogP contribution >= 0.6 is 11.3 Å². The summed E-state index contributed by atoms with van der Waals surface area (Å²) in [6.45, 7) is 3.16. The highest BCUT2D eigenvalue weighted by molar-refractivity contribution is 7.07. The zero-order valence-electron chi connectivity index (χ0n) is 13.9.